The van der Waals surface area contributed by atoms with Crippen molar-refractivity contribution in [3.05, 3.63) is 90.5 Å². The second kappa shape index (κ2) is 6.92. The summed E-state index contributed by atoms with van der Waals surface area (Å²) in [4.78, 5) is 12.5. The number of amides is 1. The van der Waals surface area contributed by atoms with Crippen molar-refractivity contribution >= 4 is 11.6 Å². The maximum absolute atomic E-state index is 13.3. The number of nitrogens with zero attached hydrogens (tertiary/aromatic N) is 1. The Labute approximate surface area is 144 Å². The molecular formula is C19H16FN3O2. The van der Waals surface area contributed by atoms with E-state index in [0.717, 1.165) is 12.1 Å². The van der Waals surface area contributed by atoms with Gasteiger partial charge in [0.25, 0.3) is 5.91 Å². The number of hydrogen-bond acceptors (Lipinski definition) is 3. The van der Waals surface area contributed by atoms with Crippen molar-refractivity contribution in [1.29, 1.82) is 0 Å². The first-order chi connectivity index (χ1) is 12.1. The van der Waals surface area contributed by atoms with Crippen LogP contribution in [-0.4, -0.2) is 15.6 Å². The topological polar surface area (TPSA) is 66.3 Å². The first-order valence-electron chi connectivity index (χ1n) is 7.53. The fraction of sp³-hybridized carbons (Fsp3) is 0. The summed E-state index contributed by atoms with van der Waals surface area (Å²) < 4.78 is 15.1. The SMILES string of the molecule is C=C(NNC(=O)c1ccccc1-n1cccc1)c1cc(F)ccc1O. The lowest BCUT2D eigenvalue weighted by molar-refractivity contribution is 0.0942. The van der Waals surface area contributed by atoms with E-state index in [1.165, 1.54) is 6.07 Å². The summed E-state index contributed by atoms with van der Waals surface area (Å²) >= 11 is 0. The predicted octanol–water partition coefficient (Wildman–Crippen LogP) is 3.23. The molecule has 0 atom stereocenters. The molecule has 0 unspecified atom stereocenters. The zero-order chi connectivity index (χ0) is 17.8. The Hall–Kier alpha value is -3.54. The molecule has 6 heteroatoms. The van der Waals surface area contributed by atoms with Crippen LogP contribution in [0.25, 0.3) is 11.4 Å². The van der Waals surface area contributed by atoms with Crippen molar-refractivity contribution in [2.45, 2.75) is 0 Å². The van der Waals surface area contributed by atoms with Gasteiger partial charge in [0.1, 0.15) is 11.6 Å². The smallest absolute Gasteiger partial charge is 0.271 e. The van der Waals surface area contributed by atoms with Crippen molar-refractivity contribution in [2.75, 3.05) is 0 Å². The molecule has 0 fully saturated rings. The van der Waals surface area contributed by atoms with Crippen molar-refractivity contribution < 1.29 is 14.3 Å². The Bertz CT molecular complexity index is 920. The second-order valence-electron chi connectivity index (χ2n) is 5.33. The van der Waals surface area contributed by atoms with Gasteiger partial charge in [0.05, 0.1) is 16.9 Å². The minimum atomic E-state index is -0.514. The standard InChI is InChI=1S/C19H16FN3O2/c1-13(16-12-14(20)8-9-18(16)24)21-22-19(25)15-6-2-3-7-17(15)23-10-4-5-11-23/h2-12,21,24H,1H2,(H,22,25). The molecular weight excluding hydrogens is 321 g/mol. The summed E-state index contributed by atoms with van der Waals surface area (Å²) in [6.45, 7) is 3.71. The average molecular weight is 337 g/mol. The van der Waals surface area contributed by atoms with Crippen LogP contribution in [0, 0.1) is 5.82 Å². The average Bonchev–Trinajstić information content (AvgIpc) is 3.16. The molecule has 1 heterocycles. The van der Waals surface area contributed by atoms with Crippen LogP contribution in [0.5, 0.6) is 5.75 Å². The van der Waals surface area contributed by atoms with E-state index in [4.69, 9.17) is 0 Å². The maximum atomic E-state index is 13.3. The van der Waals surface area contributed by atoms with E-state index in [2.05, 4.69) is 17.4 Å². The van der Waals surface area contributed by atoms with E-state index in [1.807, 2.05) is 41.2 Å². The molecule has 0 bridgehead atoms. The molecule has 25 heavy (non-hydrogen) atoms. The van der Waals surface area contributed by atoms with Crippen LogP contribution in [-0.2, 0) is 0 Å². The van der Waals surface area contributed by atoms with Gasteiger partial charge in [0, 0.05) is 18.0 Å². The van der Waals surface area contributed by atoms with Crippen LogP contribution in [0.15, 0.2) is 73.6 Å². The molecule has 3 N–H and O–H groups in total. The van der Waals surface area contributed by atoms with Crippen LogP contribution in [0.3, 0.4) is 0 Å². The van der Waals surface area contributed by atoms with E-state index >= 15 is 0 Å². The number of halogens is 1. The summed E-state index contributed by atoms with van der Waals surface area (Å²) in [5, 5.41) is 9.77. The minimum absolute atomic E-state index is 0.138. The van der Waals surface area contributed by atoms with Gasteiger partial charge in [0.15, 0.2) is 0 Å². The summed E-state index contributed by atoms with van der Waals surface area (Å²) in [7, 11) is 0. The van der Waals surface area contributed by atoms with E-state index in [0.29, 0.717) is 11.3 Å². The number of aromatic nitrogens is 1. The van der Waals surface area contributed by atoms with E-state index in [1.54, 1.807) is 12.1 Å². The first kappa shape index (κ1) is 16.3. The number of phenols is 1. The van der Waals surface area contributed by atoms with Crippen LogP contribution < -0.4 is 10.9 Å². The number of carbonyl (C=O) groups is 1. The molecule has 1 amide bonds. The van der Waals surface area contributed by atoms with E-state index < -0.39 is 5.82 Å². The zero-order valence-electron chi connectivity index (χ0n) is 13.2. The van der Waals surface area contributed by atoms with Crippen LogP contribution in [0.2, 0.25) is 0 Å². The van der Waals surface area contributed by atoms with Crippen molar-refractivity contribution in [3.63, 3.8) is 0 Å². The number of aromatic hydroxyl groups is 1. The predicted molar refractivity (Wildman–Crippen MR) is 93.5 cm³/mol. The third-order valence-corrected chi connectivity index (χ3v) is 3.64. The van der Waals surface area contributed by atoms with Gasteiger partial charge < -0.3 is 9.67 Å². The quantitative estimate of drug-likeness (QED) is 0.626. The van der Waals surface area contributed by atoms with Gasteiger partial charge in [0.2, 0.25) is 0 Å². The van der Waals surface area contributed by atoms with Crippen molar-refractivity contribution in [3.8, 4) is 11.4 Å². The summed E-state index contributed by atoms with van der Waals surface area (Å²) in [6.07, 6.45) is 3.67. The lowest BCUT2D eigenvalue weighted by Gasteiger charge is -2.14. The molecule has 2 aromatic carbocycles. The molecule has 3 rings (SSSR count). The molecule has 1 aromatic heterocycles. The third kappa shape index (κ3) is 3.53. The molecule has 0 aliphatic heterocycles. The molecule has 0 spiro atoms. The Morgan fingerprint density at radius 1 is 1.00 bits per heavy atom. The number of carbonyl (C=O) groups excluding carboxylic acids is 1. The van der Waals surface area contributed by atoms with Gasteiger partial charge in [-0.25, -0.2) is 4.39 Å². The number of para-hydroxylation sites is 1. The highest BCUT2D eigenvalue weighted by Gasteiger charge is 2.13. The van der Waals surface area contributed by atoms with Gasteiger partial charge in [-0.15, -0.1) is 0 Å². The zero-order valence-corrected chi connectivity index (χ0v) is 13.2. The van der Waals surface area contributed by atoms with Crippen LogP contribution >= 0.6 is 0 Å². The molecule has 0 saturated carbocycles. The molecule has 0 radical (unpaired) electrons. The maximum Gasteiger partial charge on any atom is 0.271 e. The number of hydrogen-bond donors (Lipinski definition) is 3. The Morgan fingerprint density at radius 3 is 2.48 bits per heavy atom. The first-order valence-corrected chi connectivity index (χ1v) is 7.53. The molecule has 0 aliphatic rings. The Kier molecular flexibility index (Phi) is 4.52. The summed E-state index contributed by atoms with van der Waals surface area (Å²) in [6, 6.07) is 14.3. The third-order valence-electron chi connectivity index (χ3n) is 3.64. The van der Waals surface area contributed by atoms with E-state index in [9.17, 15) is 14.3 Å². The molecule has 126 valence electrons. The van der Waals surface area contributed by atoms with E-state index in [-0.39, 0.29) is 22.9 Å². The van der Waals surface area contributed by atoms with Gasteiger partial charge in [-0.3, -0.25) is 15.6 Å². The monoisotopic (exact) mass is 337 g/mol. The number of hydrazine groups is 1. The molecule has 3 aromatic rings. The van der Waals surface area contributed by atoms with Gasteiger partial charge in [-0.1, -0.05) is 18.7 Å². The molecule has 0 saturated heterocycles. The number of phenolic OH excluding ortho intramolecular Hbond substituents is 1. The fourth-order valence-electron chi connectivity index (χ4n) is 2.40. The number of rotatable bonds is 5. The Morgan fingerprint density at radius 2 is 1.72 bits per heavy atom. The highest BCUT2D eigenvalue weighted by Crippen LogP contribution is 2.23. The Balaban J connectivity index is 1.76. The summed E-state index contributed by atoms with van der Waals surface area (Å²) in [5.41, 5.74) is 6.62. The second-order valence-corrected chi connectivity index (χ2v) is 5.33. The highest BCUT2D eigenvalue weighted by atomic mass is 19.1. The fourth-order valence-corrected chi connectivity index (χ4v) is 2.40. The lowest BCUT2D eigenvalue weighted by atomic mass is 10.1. The number of benzene rings is 2. The van der Waals surface area contributed by atoms with Gasteiger partial charge in [-0.2, -0.15) is 0 Å². The number of nitrogens with one attached hydrogen (secondary N) is 2. The largest absolute Gasteiger partial charge is 0.507 e. The normalized spacial score (nSPS) is 10.3. The van der Waals surface area contributed by atoms with Crippen LogP contribution in [0.1, 0.15) is 15.9 Å². The molecule has 5 nitrogen and oxygen atoms in total. The van der Waals surface area contributed by atoms with Crippen molar-refractivity contribution in [2.24, 2.45) is 0 Å². The van der Waals surface area contributed by atoms with Crippen LogP contribution in [0.4, 0.5) is 4.39 Å². The minimum Gasteiger partial charge on any atom is -0.507 e. The van der Waals surface area contributed by atoms with Gasteiger partial charge >= 0.3 is 0 Å². The highest BCUT2D eigenvalue weighted by molar-refractivity contribution is 5.98. The van der Waals surface area contributed by atoms with Gasteiger partial charge in [-0.05, 0) is 42.5 Å². The lowest BCUT2D eigenvalue weighted by Crippen LogP contribution is -2.36. The summed E-state index contributed by atoms with van der Waals surface area (Å²) in [5.74, 6) is -1.04. The van der Waals surface area contributed by atoms with Crippen molar-refractivity contribution in [1.82, 2.24) is 15.4 Å². The molecule has 0 aliphatic carbocycles.